The number of hydrogen-bond acceptors (Lipinski definition) is 3. The molecule has 1 aromatic carbocycles. The number of carbonyl (C=O) groups excluding carboxylic acids is 1. The van der Waals surface area contributed by atoms with Crippen molar-refractivity contribution in [1.29, 1.82) is 0 Å². The molecular formula is C18H21ClN2OS. The summed E-state index contributed by atoms with van der Waals surface area (Å²) in [5, 5.41) is 0. The van der Waals surface area contributed by atoms with Crippen LogP contribution in [0.1, 0.15) is 33.6 Å². The van der Waals surface area contributed by atoms with Gasteiger partial charge in [0, 0.05) is 24.0 Å². The number of fused-ring (bicyclic) bond motifs is 3. The van der Waals surface area contributed by atoms with Crippen molar-refractivity contribution in [1.82, 2.24) is 4.90 Å². The molecule has 122 valence electrons. The number of thiophene rings is 1. The minimum atomic E-state index is 0. The van der Waals surface area contributed by atoms with Gasteiger partial charge in [-0.2, -0.15) is 0 Å². The zero-order chi connectivity index (χ0) is 15.1. The second-order valence-corrected chi connectivity index (χ2v) is 7.30. The molecule has 5 heteroatoms. The molecule has 1 aliphatic heterocycles. The Labute approximate surface area is 146 Å². The Morgan fingerprint density at radius 1 is 1.13 bits per heavy atom. The minimum Gasteiger partial charge on any atom is -0.338 e. The Balaban J connectivity index is 0.00000156. The molecule has 2 heterocycles. The molecule has 0 radical (unpaired) electrons. The first-order valence-electron chi connectivity index (χ1n) is 7.98. The third-order valence-electron chi connectivity index (χ3n) is 4.77. The Morgan fingerprint density at radius 2 is 1.83 bits per heavy atom. The average Bonchev–Trinajstić information content (AvgIpc) is 2.99. The number of likely N-dealkylation sites (tertiary alicyclic amines) is 1. The first-order chi connectivity index (χ1) is 10.7. The lowest BCUT2D eigenvalue weighted by atomic mass is 9.91. The molecule has 23 heavy (non-hydrogen) atoms. The summed E-state index contributed by atoms with van der Waals surface area (Å²) < 4.78 is 0. The van der Waals surface area contributed by atoms with Crippen LogP contribution in [0.5, 0.6) is 0 Å². The molecule has 2 N–H and O–H groups in total. The Bertz CT molecular complexity index is 720. The molecule has 1 aromatic heterocycles. The molecule has 1 aliphatic carbocycles. The Kier molecular flexibility index (Phi) is 4.76. The van der Waals surface area contributed by atoms with Crippen molar-refractivity contribution in [2.24, 2.45) is 5.73 Å². The number of hydrogen-bond donors (Lipinski definition) is 1. The van der Waals surface area contributed by atoms with Crippen molar-refractivity contribution >= 4 is 29.7 Å². The predicted octanol–water partition coefficient (Wildman–Crippen LogP) is 3.50. The van der Waals surface area contributed by atoms with Crippen molar-refractivity contribution in [2.45, 2.75) is 31.7 Å². The van der Waals surface area contributed by atoms with Crippen LogP contribution in [-0.2, 0) is 12.8 Å². The van der Waals surface area contributed by atoms with Gasteiger partial charge < -0.3 is 10.6 Å². The van der Waals surface area contributed by atoms with Gasteiger partial charge in [-0.3, -0.25) is 4.79 Å². The number of benzene rings is 1. The molecule has 0 unspecified atom stereocenters. The van der Waals surface area contributed by atoms with Crippen LogP contribution < -0.4 is 5.73 Å². The molecule has 1 saturated heterocycles. The zero-order valence-electron chi connectivity index (χ0n) is 13.0. The van der Waals surface area contributed by atoms with Gasteiger partial charge in [-0.1, -0.05) is 24.3 Å². The lowest BCUT2D eigenvalue weighted by Crippen LogP contribution is -2.42. The molecule has 1 amide bonds. The normalized spacial score (nSPS) is 17.2. The van der Waals surface area contributed by atoms with Crippen LogP contribution in [0.4, 0.5) is 0 Å². The van der Waals surface area contributed by atoms with Crippen LogP contribution in [0.3, 0.4) is 0 Å². The fourth-order valence-electron chi connectivity index (χ4n) is 3.44. The lowest BCUT2D eigenvalue weighted by molar-refractivity contribution is 0.0719. The van der Waals surface area contributed by atoms with Gasteiger partial charge in [0.05, 0.1) is 4.88 Å². The van der Waals surface area contributed by atoms with Gasteiger partial charge >= 0.3 is 0 Å². The average molecular weight is 349 g/mol. The van der Waals surface area contributed by atoms with Crippen molar-refractivity contribution in [2.75, 3.05) is 13.1 Å². The molecular weight excluding hydrogens is 328 g/mol. The van der Waals surface area contributed by atoms with E-state index in [1.807, 2.05) is 4.90 Å². The first kappa shape index (κ1) is 16.5. The van der Waals surface area contributed by atoms with E-state index in [0.717, 1.165) is 43.6 Å². The first-order valence-corrected chi connectivity index (χ1v) is 8.80. The van der Waals surface area contributed by atoms with Gasteiger partial charge in [-0.15, -0.1) is 23.7 Å². The fraction of sp³-hybridized carbons (Fsp3) is 0.389. The summed E-state index contributed by atoms with van der Waals surface area (Å²) in [5.74, 6) is 0.184. The van der Waals surface area contributed by atoms with Gasteiger partial charge in [-0.05, 0) is 48.4 Å². The van der Waals surface area contributed by atoms with Gasteiger partial charge in [0.15, 0.2) is 0 Å². The number of aryl methyl sites for hydroxylation is 2. The van der Waals surface area contributed by atoms with Gasteiger partial charge in [0.1, 0.15) is 0 Å². The van der Waals surface area contributed by atoms with Gasteiger partial charge in [-0.25, -0.2) is 0 Å². The van der Waals surface area contributed by atoms with Crippen LogP contribution in [0, 0.1) is 0 Å². The van der Waals surface area contributed by atoms with Crippen LogP contribution in [-0.4, -0.2) is 29.9 Å². The number of nitrogens with two attached hydrogens (primary N) is 1. The third-order valence-corrected chi connectivity index (χ3v) is 5.97. The van der Waals surface area contributed by atoms with Crippen LogP contribution >= 0.6 is 23.7 Å². The maximum absolute atomic E-state index is 12.7. The monoisotopic (exact) mass is 348 g/mol. The van der Waals surface area contributed by atoms with Crippen LogP contribution in [0.2, 0.25) is 0 Å². The van der Waals surface area contributed by atoms with Crippen molar-refractivity contribution < 1.29 is 4.79 Å². The standard InChI is InChI=1S/C18H20N2OS.ClH/c19-14-7-9-20(10-8-14)18(21)16-11-13-6-5-12-3-1-2-4-15(12)17(13)22-16;/h1-4,11,14H,5-10,19H2;1H. The predicted molar refractivity (Wildman–Crippen MR) is 97.5 cm³/mol. The SMILES string of the molecule is Cl.NC1CCN(C(=O)c2cc3c(s2)-c2ccccc2CC3)CC1. The highest BCUT2D eigenvalue weighted by Gasteiger charge is 2.26. The number of amides is 1. The van der Waals surface area contributed by atoms with E-state index in [1.54, 1.807) is 11.3 Å². The molecule has 4 rings (SSSR count). The van der Waals surface area contributed by atoms with E-state index in [1.165, 1.54) is 21.6 Å². The lowest BCUT2D eigenvalue weighted by Gasteiger charge is -2.29. The van der Waals surface area contributed by atoms with E-state index in [0.29, 0.717) is 0 Å². The number of carbonyl (C=O) groups is 1. The highest BCUT2D eigenvalue weighted by molar-refractivity contribution is 7.17. The zero-order valence-corrected chi connectivity index (χ0v) is 14.6. The molecule has 2 aliphatic rings. The van der Waals surface area contributed by atoms with E-state index < -0.39 is 0 Å². The maximum Gasteiger partial charge on any atom is 0.263 e. The summed E-state index contributed by atoms with van der Waals surface area (Å²) in [7, 11) is 0. The summed E-state index contributed by atoms with van der Waals surface area (Å²) in [6.45, 7) is 1.58. The number of rotatable bonds is 1. The fourth-order valence-corrected chi connectivity index (χ4v) is 4.67. The molecule has 3 nitrogen and oxygen atoms in total. The van der Waals surface area contributed by atoms with Crippen molar-refractivity contribution in [3.63, 3.8) is 0 Å². The summed E-state index contributed by atoms with van der Waals surface area (Å²) >= 11 is 1.66. The largest absolute Gasteiger partial charge is 0.338 e. The molecule has 2 aromatic rings. The van der Waals surface area contributed by atoms with E-state index in [9.17, 15) is 4.79 Å². The smallest absolute Gasteiger partial charge is 0.263 e. The van der Waals surface area contributed by atoms with E-state index in [-0.39, 0.29) is 24.4 Å². The van der Waals surface area contributed by atoms with E-state index in [2.05, 4.69) is 30.3 Å². The number of piperidine rings is 1. The summed E-state index contributed by atoms with van der Waals surface area (Å²) in [6, 6.07) is 10.9. The van der Waals surface area contributed by atoms with Crippen molar-refractivity contribution in [3.8, 4) is 10.4 Å². The topological polar surface area (TPSA) is 46.3 Å². The van der Waals surface area contributed by atoms with Gasteiger partial charge in [0.25, 0.3) is 5.91 Å². The molecule has 0 atom stereocenters. The quantitative estimate of drug-likeness (QED) is 0.857. The molecule has 0 saturated carbocycles. The van der Waals surface area contributed by atoms with Crippen molar-refractivity contribution in [3.05, 3.63) is 46.3 Å². The second kappa shape index (κ2) is 6.63. The molecule has 0 bridgehead atoms. The van der Waals surface area contributed by atoms with E-state index in [4.69, 9.17) is 5.73 Å². The Morgan fingerprint density at radius 3 is 2.61 bits per heavy atom. The minimum absolute atomic E-state index is 0. The third kappa shape index (κ3) is 3.03. The summed E-state index contributed by atoms with van der Waals surface area (Å²) in [4.78, 5) is 16.9. The van der Waals surface area contributed by atoms with Crippen LogP contribution in [0.25, 0.3) is 10.4 Å². The highest BCUT2D eigenvalue weighted by Crippen LogP contribution is 2.39. The second-order valence-electron chi connectivity index (χ2n) is 6.25. The maximum atomic E-state index is 12.7. The number of nitrogens with zero attached hydrogens (tertiary/aromatic N) is 1. The van der Waals surface area contributed by atoms with Crippen LogP contribution in [0.15, 0.2) is 30.3 Å². The molecule has 0 spiro atoms. The van der Waals surface area contributed by atoms with Gasteiger partial charge in [0.2, 0.25) is 0 Å². The Hall–Kier alpha value is -1.36. The van der Waals surface area contributed by atoms with E-state index >= 15 is 0 Å². The number of halogens is 1. The molecule has 1 fully saturated rings. The summed E-state index contributed by atoms with van der Waals surface area (Å²) in [5.41, 5.74) is 9.98. The summed E-state index contributed by atoms with van der Waals surface area (Å²) in [6.07, 6.45) is 3.95. The highest BCUT2D eigenvalue weighted by atomic mass is 35.5.